The Morgan fingerprint density at radius 2 is 2.03 bits per heavy atom. The molecule has 7 heteroatoms. The minimum atomic E-state index is -0.563. The van der Waals surface area contributed by atoms with Crippen molar-refractivity contribution in [1.82, 2.24) is 9.80 Å². The van der Waals surface area contributed by atoms with Crippen LogP contribution in [0, 0.1) is 0 Å². The number of carbonyl (C=O) groups is 1. The highest BCUT2D eigenvalue weighted by Gasteiger charge is 2.42. The van der Waals surface area contributed by atoms with Crippen LogP contribution in [0.1, 0.15) is 34.1 Å². The van der Waals surface area contributed by atoms with E-state index in [0.29, 0.717) is 40.5 Å². The zero-order valence-corrected chi connectivity index (χ0v) is 18.9. The van der Waals surface area contributed by atoms with Crippen LogP contribution in [-0.4, -0.2) is 49.5 Å². The molecule has 1 aliphatic rings. The highest BCUT2D eigenvalue weighted by atomic mass is 35.5. The van der Waals surface area contributed by atoms with E-state index >= 15 is 0 Å². The van der Waals surface area contributed by atoms with Crippen molar-refractivity contribution in [3.63, 3.8) is 0 Å². The molecule has 3 aromatic rings. The van der Waals surface area contributed by atoms with Gasteiger partial charge in [-0.3, -0.25) is 9.59 Å². The van der Waals surface area contributed by atoms with Gasteiger partial charge in [0, 0.05) is 11.6 Å². The Labute approximate surface area is 191 Å². The van der Waals surface area contributed by atoms with Gasteiger partial charge in [-0.15, -0.1) is 0 Å². The van der Waals surface area contributed by atoms with Gasteiger partial charge in [-0.25, -0.2) is 0 Å². The zero-order valence-electron chi connectivity index (χ0n) is 18.1. The van der Waals surface area contributed by atoms with Crippen LogP contribution in [0.2, 0.25) is 5.02 Å². The van der Waals surface area contributed by atoms with E-state index in [2.05, 4.69) is 11.5 Å². The number of hydrogen-bond donors (Lipinski definition) is 0. The summed E-state index contributed by atoms with van der Waals surface area (Å²) in [5, 5.41) is 0.802. The standard InChI is InChI=1S/C25H25ClN2O4/c1-4-13-31-18-8-5-7-16(14-18)22-21-23(29)19-15-17(26)9-10-20(19)32-24(21)25(30)28(22)12-6-11-27(2)3/h4-5,7-10,14-15,22H,1,6,11-13H2,2-3H3. The molecule has 0 saturated carbocycles. The summed E-state index contributed by atoms with van der Waals surface area (Å²) in [7, 11) is 3.97. The van der Waals surface area contributed by atoms with Gasteiger partial charge in [-0.05, 0) is 63.0 Å². The molecule has 0 radical (unpaired) electrons. The van der Waals surface area contributed by atoms with Crippen molar-refractivity contribution in [3.05, 3.63) is 87.3 Å². The molecule has 166 valence electrons. The third-order valence-electron chi connectivity index (χ3n) is 5.47. The predicted molar refractivity (Wildman–Crippen MR) is 126 cm³/mol. The highest BCUT2D eigenvalue weighted by molar-refractivity contribution is 6.31. The Kier molecular flexibility index (Phi) is 6.35. The van der Waals surface area contributed by atoms with E-state index in [0.717, 1.165) is 18.5 Å². The average Bonchev–Trinajstić information content (AvgIpc) is 3.05. The monoisotopic (exact) mass is 452 g/mol. The van der Waals surface area contributed by atoms with Crippen LogP contribution < -0.4 is 10.2 Å². The van der Waals surface area contributed by atoms with Gasteiger partial charge in [-0.2, -0.15) is 0 Å². The fraction of sp³-hybridized carbons (Fsp3) is 0.280. The maximum absolute atomic E-state index is 13.5. The Balaban J connectivity index is 1.85. The SMILES string of the molecule is C=CCOc1cccc(C2c3c(oc4ccc(Cl)cc4c3=O)C(=O)N2CCCN(C)C)c1. The number of halogens is 1. The average molecular weight is 453 g/mol. The Bertz CT molecular complexity index is 1230. The molecule has 0 spiro atoms. The number of carbonyl (C=O) groups excluding carboxylic acids is 1. The second kappa shape index (κ2) is 9.18. The Morgan fingerprint density at radius 3 is 2.78 bits per heavy atom. The molecule has 1 unspecified atom stereocenters. The molecule has 1 aliphatic heterocycles. The number of amides is 1. The molecule has 0 fully saturated rings. The van der Waals surface area contributed by atoms with E-state index in [1.165, 1.54) is 0 Å². The molecule has 0 aliphatic carbocycles. The topological polar surface area (TPSA) is 63.0 Å². The molecule has 1 amide bonds. The maximum atomic E-state index is 13.5. The summed E-state index contributed by atoms with van der Waals surface area (Å²) in [5.41, 5.74) is 1.24. The second-order valence-electron chi connectivity index (χ2n) is 8.04. The number of hydrogen-bond acceptors (Lipinski definition) is 5. The lowest BCUT2D eigenvalue weighted by Gasteiger charge is -2.26. The van der Waals surface area contributed by atoms with Crippen LogP contribution in [-0.2, 0) is 0 Å². The van der Waals surface area contributed by atoms with Gasteiger partial charge < -0.3 is 19.0 Å². The first-order chi connectivity index (χ1) is 15.4. The largest absolute Gasteiger partial charge is 0.490 e. The summed E-state index contributed by atoms with van der Waals surface area (Å²) in [6.45, 7) is 5.34. The van der Waals surface area contributed by atoms with Crippen molar-refractivity contribution in [2.24, 2.45) is 0 Å². The van der Waals surface area contributed by atoms with E-state index in [-0.39, 0.29) is 17.1 Å². The molecule has 0 bridgehead atoms. The number of benzene rings is 2. The minimum Gasteiger partial charge on any atom is -0.490 e. The number of fused-ring (bicyclic) bond motifs is 2. The van der Waals surface area contributed by atoms with Gasteiger partial charge >= 0.3 is 0 Å². The van der Waals surface area contributed by atoms with Crippen LogP contribution in [0.15, 0.2) is 64.3 Å². The van der Waals surface area contributed by atoms with Crippen molar-refractivity contribution in [2.75, 3.05) is 33.8 Å². The highest BCUT2D eigenvalue weighted by Crippen LogP contribution is 2.39. The van der Waals surface area contributed by atoms with Crippen molar-refractivity contribution >= 4 is 28.5 Å². The summed E-state index contributed by atoms with van der Waals surface area (Å²) in [4.78, 5) is 30.7. The number of nitrogens with zero attached hydrogens (tertiary/aromatic N) is 2. The summed E-state index contributed by atoms with van der Waals surface area (Å²) in [6, 6.07) is 11.7. The number of rotatable bonds is 8. The molecular formula is C25H25ClN2O4. The maximum Gasteiger partial charge on any atom is 0.290 e. The molecule has 2 heterocycles. The first-order valence-electron chi connectivity index (χ1n) is 10.5. The van der Waals surface area contributed by atoms with Gasteiger partial charge in [0.15, 0.2) is 5.43 Å². The van der Waals surface area contributed by atoms with Crippen molar-refractivity contribution in [2.45, 2.75) is 12.5 Å². The summed E-state index contributed by atoms with van der Waals surface area (Å²) < 4.78 is 11.6. The van der Waals surface area contributed by atoms with Crippen LogP contribution in [0.4, 0.5) is 0 Å². The summed E-state index contributed by atoms with van der Waals surface area (Å²) in [6.07, 6.45) is 2.43. The molecule has 1 aromatic heterocycles. The quantitative estimate of drug-likeness (QED) is 0.470. The molecular weight excluding hydrogens is 428 g/mol. The van der Waals surface area contributed by atoms with Crippen molar-refractivity contribution in [1.29, 1.82) is 0 Å². The Hall–Kier alpha value is -3.09. The molecule has 1 atom stereocenters. The second-order valence-corrected chi connectivity index (χ2v) is 8.48. The third-order valence-corrected chi connectivity index (χ3v) is 5.71. The van der Waals surface area contributed by atoms with Crippen molar-refractivity contribution < 1.29 is 13.9 Å². The minimum absolute atomic E-state index is 0.0945. The summed E-state index contributed by atoms with van der Waals surface area (Å²) in [5.74, 6) is 0.456. The van der Waals surface area contributed by atoms with E-state index in [1.54, 1.807) is 29.2 Å². The molecule has 4 rings (SSSR count). The molecule has 0 N–H and O–H groups in total. The Morgan fingerprint density at radius 1 is 1.22 bits per heavy atom. The van der Waals surface area contributed by atoms with E-state index in [4.69, 9.17) is 20.8 Å². The van der Waals surface area contributed by atoms with E-state index in [9.17, 15) is 9.59 Å². The van der Waals surface area contributed by atoms with Crippen LogP contribution in [0.5, 0.6) is 5.75 Å². The van der Waals surface area contributed by atoms with Gasteiger partial charge in [0.05, 0.1) is 17.0 Å². The van der Waals surface area contributed by atoms with Gasteiger partial charge in [0.2, 0.25) is 5.76 Å². The van der Waals surface area contributed by atoms with E-state index in [1.807, 2.05) is 38.4 Å². The first kappa shape index (κ1) is 22.1. The van der Waals surface area contributed by atoms with Crippen molar-refractivity contribution in [3.8, 4) is 5.75 Å². The lowest BCUT2D eigenvalue weighted by atomic mass is 9.98. The molecule has 2 aromatic carbocycles. The van der Waals surface area contributed by atoms with E-state index < -0.39 is 6.04 Å². The third kappa shape index (κ3) is 4.16. The normalized spacial score (nSPS) is 15.4. The summed E-state index contributed by atoms with van der Waals surface area (Å²) >= 11 is 6.13. The molecule has 6 nitrogen and oxygen atoms in total. The fourth-order valence-corrected chi connectivity index (χ4v) is 4.23. The smallest absolute Gasteiger partial charge is 0.290 e. The lowest BCUT2D eigenvalue weighted by molar-refractivity contribution is 0.0722. The molecule has 0 saturated heterocycles. The number of ether oxygens (including phenoxy) is 1. The predicted octanol–water partition coefficient (Wildman–Crippen LogP) is 4.51. The zero-order chi connectivity index (χ0) is 22.8. The van der Waals surface area contributed by atoms with Gasteiger partial charge in [-0.1, -0.05) is 36.4 Å². The van der Waals surface area contributed by atoms with Crippen LogP contribution >= 0.6 is 11.6 Å². The first-order valence-corrected chi connectivity index (χ1v) is 10.8. The van der Waals surface area contributed by atoms with Gasteiger partial charge in [0.1, 0.15) is 17.9 Å². The fourth-order valence-electron chi connectivity index (χ4n) is 4.06. The molecule has 32 heavy (non-hydrogen) atoms. The van der Waals surface area contributed by atoms with Gasteiger partial charge in [0.25, 0.3) is 5.91 Å². The van der Waals surface area contributed by atoms with Crippen LogP contribution in [0.25, 0.3) is 11.0 Å². The van der Waals surface area contributed by atoms with Crippen LogP contribution in [0.3, 0.4) is 0 Å². The lowest BCUT2D eigenvalue weighted by Crippen LogP contribution is -2.32.